The summed E-state index contributed by atoms with van der Waals surface area (Å²) in [6.07, 6.45) is 2.46. The fraction of sp³-hybridized carbons (Fsp3) is 0.417. The van der Waals surface area contributed by atoms with Gasteiger partial charge in [0.2, 0.25) is 0 Å². The van der Waals surface area contributed by atoms with Gasteiger partial charge in [-0.3, -0.25) is 4.79 Å². The van der Waals surface area contributed by atoms with Crippen LogP contribution in [0.25, 0.3) is 0 Å². The third-order valence-corrected chi connectivity index (χ3v) is 2.34. The summed E-state index contributed by atoms with van der Waals surface area (Å²) in [5.41, 5.74) is 6.84. The maximum absolute atomic E-state index is 11.8. The molecule has 0 fully saturated rings. The van der Waals surface area contributed by atoms with Crippen LogP contribution in [0.15, 0.2) is 18.2 Å². The molecule has 0 aromatic heterocycles. The molecule has 0 aliphatic heterocycles. The number of para-hydroxylation sites is 1. The molecule has 0 heterocycles. The lowest BCUT2D eigenvalue weighted by molar-refractivity contribution is 0.0980. The molecule has 1 rings (SSSR count). The summed E-state index contributed by atoms with van der Waals surface area (Å²) < 4.78 is 5.06. The average molecular weight is 207 g/mol. The summed E-state index contributed by atoms with van der Waals surface area (Å²) in [6.45, 7) is 2.06. The van der Waals surface area contributed by atoms with E-state index in [0.29, 0.717) is 23.4 Å². The Morgan fingerprint density at radius 3 is 2.80 bits per heavy atom. The summed E-state index contributed by atoms with van der Waals surface area (Å²) in [4.78, 5) is 11.8. The van der Waals surface area contributed by atoms with Gasteiger partial charge in [-0.15, -0.1) is 0 Å². The number of Topliss-reactive ketones (excluding diaryl/α,β-unsaturated/α-hetero) is 1. The zero-order chi connectivity index (χ0) is 11.3. The van der Waals surface area contributed by atoms with E-state index in [9.17, 15) is 4.79 Å². The van der Waals surface area contributed by atoms with Crippen molar-refractivity contribution in [2.45, 2.75) is 26.2 Å². The second kappa shape index (κ2) is 5.39. The van der Waals surface area contributed by atoms with Gasteiger partial charge < -0.3 is 10.5 Å². The number of carbonyl (C=O) groups excluding carboxylic acids is 1. The van der Waals surface area contributed by atoms with Gasteiger partial charge in [-0.2, -0.15) is 0 Å². The van der Waals surface area contributed by atoms with Crippen LogP contribution in [0.3, 0.4) is 0 Å². The van der Waals surface area contributed by atoms with Crippen LogP contribution in [-0.2, 0) is 0 Å². The highest BCUT2D eigenvalue weighted by Gasteiger charge is 2.11. The van der Waals surface area contributed by atoms with E-state index >= 15 is 0 Å². The smallest absolute Gasteiger partial charge is 0.165 e. The minimum Gasteiger partial charge on any atom is -0.495 e. The first-order chi connectivity index (χ1) is 7.20. The zero-order valence-corrected chi connectivity index (χ0v) is 9.25. The predicted octanol–water partition coefficient (Wildman–Crippen LogP) is 2.65. The highest BCUT2D eigenvalue weighted by Crippen LogP contribution is 2.25. The molecule has 1 aromatic carbocycles. The molecule has 0 saturated carbocycles. The van der Waals surface area contributed by atoms with Gasteiger partial charge in [0, 0.05) is 12.0 Å². The van der Waals surface area contributed by atoms with Crippen molar-refractivity contribution in [3.63, 3.8) is 0 Å². The Labute approximate surface area is 90.2 Å². The number of nitrogens with two attached hydrogens (primary N) is 1. The Morgan fingerprint density at radius 2 is 2.20 bits per heavy atom. The van der Waals surface area contributed by atoms with Gasteiger partial charge in [-0.25, -0.2) is 0 Å². The normalized spacial score (nSPS) is 10.0. The molecule has 2 N–H and O–H groups in total. The summed E-state index contributed by atoms with van der Waals surface area (Å²) in [7, 11) is 1.55. The van der Waals surface area contributed by atoms with Crippen molar-refractivity contribution in [1.29, 1.82) is 0 Å². The Balaban J connectivity index is 2.89. The number of benzene rings is 1. The van der Waals surface area contributed by atoms with Crippen LogP contribution in [0.2, 0.25) is 0 Å². The van der Waals surface area contributed by atoms with Gasteiger partial charge >= 0.3 is 0 Å². The number of rotatable bonds is 5. The number of unbranched alkanes of at least 4 members (excludes halogenated alkanes) is 1. The molecule has 0 radical (unpaired) electrons. The molecule has 82 valence electrons. The van der Waals surface area contributed by atoms with E-state index in [4.69, 9.17) is 10.5 Å². The van der Waals surface area contributed by atoms with Crippen LogP contribution in [0.1, 0.15) is 36.5 Å². The molecule has 0 bridgehead atoms. The molecule has 0 atom stereocenters. The second-order valence-corrected chi connectivity index (χ2v) is 3.45. The molecule has 0 amide bonds. The molecule has 3 nitrogen and oxygen atoms in total. The number of methoxy groups -OCH3 is 1. The summed E-state index contributed by atoms with van der Waals surface area (Å²) in [6, 6.07) is 5.29. The summed E-state index contributed by atoms with van der Waals surface area (Å²) in [5.74, 6) is 0.658. The minimum atomic E-state index is 0.0910. The Kier molecular flexibility index (Phi) is 4.16. The monoisotopic (exact) mass is 207 g/mol. The summed E-state index contributed by atoms with van der Waals surface area (Å²) in [5, 5.41) is 0. The maximum atomic E-state index is 11.8. The lowest BCUT2D eigenvalue weighted by Gasteiger charge is -2.08. The number of carbonyl (C=O) groups is 1. The third-order valence-electron chi connectivity index (χ3n) is 2.34. The largest absolute Gasteiger partial charge is 0.495 e. The van der Waals surface area contributed by atoms with Gasteiger partial charge in [0.05, 0.1) is 12.8 Å². The van der Waals surface area contributed by atoms with Crippen molar-refractivity contribution in [1.82, 2.24) is 0 Å². The van der Waals surface area contributed by atoms with E-state index in [2.05, 4.69) is 6.92 Å². The molecular formula is C12H17NO2. The van der Waals surface area contributed by atoms with Crippen molar-refractivity contribution in [3.05, 3.63) is 23.8 Å². The molecule has 0 aliphatic carbocycles. The van der Waals surface area contributed by atoms with E-state index < -0.39 is 0 Å². The number of ketones is 1. The van der Waals surface area contributed by atoms with E-state index in [1.165, 1.54) is 0 Å². The van der Waals surface area contributed by atoms with Crippen molar-refractivity contribution >= 4 is 11.5 Å². The van der Waals surface area contributed by atoms with Crippen molar-refractivity contribution in [2.24, 2.45) is 0 Å². The molecule has 0 spiro atoms. The second-order valence-electron chi connectivity index (χ2n) is 3.45. The number of nitrogen functional groups attached to an aromatic ring is 1. The summed E-state index contributed by atoms with van der Waals surface area (Å²) >= 11 is 0. The van der Waals surface area contributed by atoms with Gasteiger partial charge in [0.1, 0.15) is 5.75 Å². The first kappa shape index (κ1) is 11.6. The highest BCUT2D eigenvalue weighted by molar-refractivity contribution is 6.01. The molecule has 3 heteroatoms. The Hall–Kier alpha value is -1.51. The quantitative estimate of drug-likeness (QED) is 0.596. The van der Waals surface area contributed by atoms with Crippen LogP contribution < -0.4 is 10.5 Å². The molecule has 0 aliphatic rings. The number of hydrogen-bond acceptors (Lipinski definition) is 3. The van der Waals surface area contributed by atoms with E-state index in [1.54, 1.807) is 25.3 Å². The lowest BCUT2D eigenvalue weighted by Crippen LogP contribution is -2.05. The van der Waals surface area contributed by atoms with Gasteiger partial charge in [-0.05, 0) is 18.6 Å². The number of hydrogen-bond donors (Lipinski definition) is 1. The molecule has 15 heavy (non-hydrogen) atoms. The first-order valence-electron chi connectivity index (χ1n) is 5.16. The van der Waals surface area contributed by atoms with Gasteiger partial charge in [0.25, 0.3) is 0 Å². The lowest BCUT2D eigenvalue weighted by atomic mass is 10.0. The SMILES string of the molecule is CCCCC(=O)c1cccc(OC)c1N. The third kappa shape index (κ3) is 2.72. The molecule has 0 unspecified atom stereocenters. The van der Waals surface area contributed by atoms with Gasteiger partial charge in [0.15, 0.2) is 5.78 Å². The standard InChI is InChI=1S/C12H17NO2/c1-3-4-7-10(14)9-6-5-8-11(15-2)12(9)13/h5-6,8H,3-4,7,13H2,1-2H3. The van der Waals surface area contributed by atoms with Crippen molar-refractivity contribution < 1.29 is 9.53 Å². The average Bonchev–Trinajstić information content (AvgIpc) is 2.26. The van der Waals surface area contributed by atoms with Crippen LogP contribution in [0.5, 0.6) is 5.75 Å². The van der Waals surface area contributed by atoms with Gasteiger partial charge in [-0.1, -0.05) is 19.4 Å². The Bertz CT molecular complexity index is 347. The zero-order valence-electron chi connectivity index (χ0n) is 9.25. The van der Waals surface area contributed by atoms with Crippen LogP contribution in [-0.4, -0.2) is 12.9 Å². The number of ether oxygens (including phenoxy) is 1. The fourth-order valence-corrected chi connectivity index (χ4v) is 1.44. The highest BCUT2D eigenvalue weighted by atomic mass is 16.5. The fourth-order valence-electron chi connectivity index (χ4n) is 1.44. The predicted molar refractivity (Wildman–Crippen MR) is 61.3 cm³/mol. The van der Waals surface area contributed by atoms with E-state index in [1.807, 2.05) is 0 Å². The molecular weight excluding hydrogens is 190 g/mol. The maximum Gasteiger partial charge on any atom is 0.165 e. The topological polar surface area (TPSA) is 52.3 Å². The first-order valence-corrected chi connectivity index (χ1v) is 5.16. The van der Waals surface area contributed by atoms with Crippen molar-refractivity contribution in [3.8, 4) is 5.75 Å². The Morgan fingerprint density at radius 1 is 1.47 bits per heavy atom. The van der Waals surface area contributed by atoms with E-state index in [0.717, 1.165) is 12.8 Å². The minimum absolute atomic E-state index is 0.0910. The molecule has 0 saturated heterocycles. The van der Waals surface area contributed by atoms with Crippen LogP contribution in [0.4, 0.5) is 5.69 Å². The molecule has 1 aromatic rings. The van der Waals surface area contributed by atoms with Crippen LogP contribution in [0, 0.1) is 0 Å². The van der Waals surface area contributed by atoms with Crippen LogP contribution >= 0.6 is 0 Å². The number of anilines is 1. The van der Waals surface area contributed by atoms with Crippen molar-refractivity contribution in [2.75, 3.05) is 12.8 Å². The van der Waals surface area contributed by atoms with E-state index in [-0.39, 0.29) is 5.78 Å².